The number of hydrogen-bond acceptors (Lipinski definition) is 4. The molecule has 0 saturated carbocycles. The molecule has 7 heteroatoms. The highest BCUT2D eigenvalue weighted by molar-refractivity contribution is 5.93. The molecular weight excluding hydrogens is 455 g/mol. The summed E-state index contributed by atoms with van der Waals surface area (Å²) in [7, 11) is 0. The van der Waals surface area contributed by atoms with Gasteiger partial charge >= 0.3 is 0 Å². The van der Waals surface area contributed by atoms with Gasteiger partial charge in [-0.1, -0.05) is 30.3 Å². The van der Waals surface area contributed by atoms with E-state index in [1.807, 2.05) is 12.1 Å². The second-order valence-corrected chi connectivity index (χ2v) is 10.9. The van der Waals surface area contributed by atoms with Crippen LogP contribution in [0.4, 0.5) is 4.39 Å². The maximum absolute atomic E-state index is 14.3. The lowest BCUT2D eigenvalue weighted by Crippen LogP contribution is -2.59. The van der Waals surface area contributed by atoms with Crippen molar-refractivity contribution in [3.8, 4) is 0 Å². The summed E-state index contributed by atoms with van der Waals surface area (Å²) < 4.78 is 16.7. The first-order valence-corrected chi connectivity index (χ1v) is 12.8. The van der Waals surface area contributed by atoms with E-state index in [1.165, 1.54) is 22.2 Å². The molecule has 194 valence electrons. The smallest absolute Gasteiger partial charge is 0.274 e. The number of carbonyl (C=O) groups excluding carboxylic acids is 1. The van der Waals surface area contributed by atoms with Gasteiger partial charge in [-0.3, -0.25) is 19.8 Å². The summed E-state index contributed by atoms with van der Waals surface area (Å²) in [5.74, 6) is -0.507. The van der Waals surface area contributed by atoms with E-state index >= 15 is 0 Å². The van der Waals surface area contributed by atoms with E-state index < -0.39 is 11.6 Å². The predicted molar refractivity (Wildman–Crippen MR) is 142 cm³/mol. The van der Waals surface area contributed by atoms with Gasteiger partial charge in [-0.05, 0) is 70.4 Å². The third-order valence-corrected chi connectivity index (χ3v) is 7.44. The fourth-order valence-electron chi connectivity index (χ4n) is 5.69. The first-order valence-electron chi connectivity index (χ1n) is 12.8. The average molecular weight is 495 g/mol. The Morgan fingerprint density at radius 1 is 1.06 bits per heavy atom. The number of nitrogens with zero attached hydrogens (tertiary/aromatic N) is 3. The molecule has 3 aromatic rings. The van der Waals surface area contributed by atoms with Crippen LogP contribution in [0.3, 0.4) is 0 Å². The van der Waals surface area contributed by atoms with Crippen LogP contribution in [0.25, 0.3) is 10.9 Å². The van der Waals surface area contributed by atoms with Gasteiger partial charge in [0, 0.05) is 67.0 Å². The number of nitrogens with one attached hydrogen (secondary N) is 1. The van der Waals surface area contributed by atoms with Crippen LogP contribution in [-0.2, 0) is 13.0 Å². The molecule has 1 saturated heterocycles. The molecule has 36 heavy (non-hydrogen) atoms. The van der Waals surface area contributed by atoms with Crippen LogP contribution in [0.5, 0.6) is 0 Å². The van der Waals surface area contributed by atoms with Crippen LogP contribution in [0, 0.1) is 6.92 Å². The minimum atomic E-state index is -1.19. The molecule has 2 atom stereocenters. The van der Waals surface area contributed by atoms with Crippen molar-refractivity contribution in [3.05, 3.63) is 70.9 Å². The summed E-state index contributed by atoms with van der Waals surface area (Å²) in [6.45, 7) is 14.1. The number of rotatable bonds is 8. The van der Waals surface area contributed by atoms with Crippen LogP contribution in [0.1, 0.15) is 54.9 Å². The Morgan fingerprint density at radius 3 is 2.31 bits per heavy atom. The number of hydroxylamine groups is 1. The van der Waals surface area contributed by atoms with Crippen molar-refractivity contribution < 1.29 is 14.4 Å². The van der Waals surface area contributed by atoms with E-state index in [1.54, 1.807) is 31.5 Å². The number of para-hydroxylation sites is 1. The molecule has 1 aliphatic rings. The second kappa shape index (κ2) is 10.7. The normalized spacial score (nSPS) is 19.6. The second-order valence-electron chi connectivity index (χ2n) is 10.9. The Hall–Kier alpha value is -2.74. The van der Waals surface area contributed by atoms with Gasteiger partial charge < -0.3 is 4.57 Å². The van der Waals surface area contributed by atoms with Gasteiger partial charge in [-0.2, -0.15) is 0 Å². The van der Waals surface area contributed by atoms with Gasteiger partial charge in [0.15, 0.2) is 0 Å². The standard InChI is InChI=1S/C29H39FN4O2/c1-20-17-32(18-21(2)34(20)19-29(4,5)30)14-15-33-22(3)26(25-8-6-7-9-27(25)33)16-23-10-12-24(13-11-23)28(35)31-36/h6-13,20-21,36H,14-19H2,1-5H3,(H,31,35)/t20-,21+. The van der Waals surface area contributed by atoms with Crippen molar-refractivity contribution in [2.45, 2.75) is 65.3 Å². The van der Waals surface area contributed by atoms with Crippen LogP contribution in [0.2, 0.25) is 0 Å². The average Bonchev–Trinajstić information content (AvgIpc) is 3.10. The van der Waals surface area contributed by atoms with Gasteiger partial charge in [-0.15, -0.1) is 0 Å². The summed E-state index contributed by atoms with van der Waals surface area (Å²) in [6.07, 6.45) is 0.770. The highest BCUT2D eigenvalue weighted by Crippen LogP contribution is 2.29. The zero-order valence-corrected chi connectivity index (χ0v) is 22.1. The van der Waals surface area contributed by atoms with Crippen LogP contribution >= 0.6 is 0 Å². The number of piperazine rings is 1. The van der Waals surface area contributed by atoms with Gasteiger partial charge in [0.05, 0.1) is 0 Å². The maximum Gasteiger partial charge on any atom is 0.274 e. The minimum Gasteiger partial charge on any atom is -0.343 e. The summed E-state index contributed by atoms with van der Waals surface area (Å²) in [6, 6.07) is 16.5. The number of alkyl halides is 1. The first kappa shape index (κ1) is 26.3. The summed E-state index contributed by atoms with van der Waals surface area (Å²) in [5.41, 5.74) is 5.83. The third-order valence-electron chi connectivity index (χ3n) is 7.44. The lowest BCUT2D eigenvalue weighted by atomic mass is 10.0. The Balaban J connectivity index is 1.50. The van der Waals surface area contributed by atoms with Gasteiger partial charge in [-0.25, -0.2) is 9.87 Å². The Labute approximate surface area is 213 Å². The molecule has 0 unspecified atom stereocenters. The largest absolute Gasteiger partial charge is 0.343 e. The molecule has 0 radical (unpaired) electrons. The molecule has 1 aliphatic heterocycles. The summed E-state index contributed by atoms with van der Waals surface area (Å²) >= 11 is 0. The lowest BCUT2D eigenvalue weighted by molar-refractivity contribution is 0.00259. The molecule has 0 bridgehead atoms. The monoisotopic (exact) mass is 494 g/mol. The topological polar surface area (TPSA) is 60.7 Å². The molecule has 2 heterocycles. The number of amides is 1. The van der Waals surface area contributed by atoms with Crippen molar-refractivity contribution in [2.24, 2.45) is 0 Å². The molecule has 2 aromatic carbocycles. The Kier molecular flexibility index (Phi) is 7.83. The molecule has 2 N–H and O–H groups in total. The predicted octanol–water partition coefficient (Wildman–Crippen LogP) is 4.80. The molecule has 6 nitrogen and oxygen atoms in total. The zero-order valence-electron chi connectivity index (χ0n) is 22.1. The SMILES string of the molecule is Cc1c(Cc2ccc(C(=O)NO)cc2)c2ccccc2n1CCN1C[C@@H](C)N(CC(C)(C)F)[C@@H](C)C1. The minimum absolute atomic E-state index is 0.317. The number of hydrogen-bond donors (Lipinski definition) is 2. The fourth-order valence-corrected chi connectivity index (χ4v) is 5.69. The Bertz CT molecular complexity index is 1190. The zero-order chi connectivity index (χ0) is 26.0. The van der Waals surface area contributed by atoms with Gasteiger partial charge in [0.1, 0.15) is 5.67 Å². The Morgan fingerprint density at radius 2 is 1.69 bits per heavy atom. The number of benzene rings is 2. The van der Waals surface area contributed by atoms with Gasteiger partial charge in [0.2, 0.25) is 0 Å². The van der Waals surface area contributed by atoms with Crippen molar-refractivity contribution in [3.63, 3.8) is 0 Å². The number of carbonyl (C=O) groups is 1. The molecule has 1 aromatic heterocycles. The highest BCUT2D eigenvalue weighted by Gasteiger charge is 2.33. The number of halogens is 1. The van der Waals surface area contributed by atoms with E-state index in [0.29, 0.717) is 24.2 Å². The fraction of sp³-hybridized carbons (Fsp3) is 0.483. The summed E-state index contributed by atoms with van der Waals surface area (Å²) in [4.78, 5) is 16.5. The maximum atomic E-state index is 14.3. The van der Waals surface area contributed by atoms with E-state index in [2.05, 4.69) is 59.4 Å². The number of aromatic nitrogens is 1. The molecular formula is C29H39FN4O2. The van der Waals surface area contributed by atoms with E-state index in [0.717, 1.165) is 38.2 Å². The van der Waals surface area contributed by atoms with Gasteiger partial charge in [0.25, 0.3) is 5.91 Å². The van der Waals surface area contributed by atoms with Crippen LogP contribution in [-0.4, -0.2) is 69.4 Å². The van der Waals surface area contributed by atoms with Crippen molar-refractivity contribution in [2.75, 3.05) is 26.2 Å². The molecule has 0 aliphatic carbocycles. The summed E-state index contributed by atoms with van der Waals surface area (Å²) in [5, 5.41) is 10.1. The highest BCUT2D eigenvalue weighted by atomic mass is 19.1. The van der Waals surface area contributed by atoms with Crippen LogP contribution < -0.4 is 5.48 Å². The quantitative estimate of drug-likeness (QED) is 0.349. The van der Waals surface area contributed by atoms with Crippen molar-refractivity contribution in [1.82, 2.24) is 19.8 Å². The van der Waals surface area contributed by atoms with Crippen LogP contribution in [0.15, 0.2) is 48.5 Å². The molecule has 0 spiro atoms. The third kappa shape index (κ3) is 5.80. The number of fused-ring (bicyclic) bond motifs is 1. The van der Waals surface area contributed by atoms with E-state index in [4.69, 9.17) is 5.21 Å². The molecule has 1 fully saturated rings. The molecule has 4 rings (SSSR count). The van der Waals surface area contributed by atoms with Crippen molar-refractivity contribution >= 4 is 16.8 Å². The molecule has 1 amide bonds. The van der Waals surface area contributed by atoms with E-state index in [9.17, 15) is 9.18 Å². The van der Waals surface area contributed by atoms with Crippen molar-refractivity contribution in [1.29, 1.82) is 0 Å². The lowest BCUT2D eigenvalue weighted by Gasteiger charge is -2.46. The van der Waals surface area contributed by atoms with E-state index in [-0.39, 0.29) is 0 Å². The first-order chi connectivity index (χ1) is 17.1.